The lowest BCUT2D eigenvalue weighted by molar-refractivity contribution is 0.0965. The first-order valence-electron chi connectivity index (χ1n) is 4.16. The van der Waals surface area contributed by atoms with E-state index in [1.54, 1.807) is 13.1 Å². The summed E-state index contributed by atoms with van der Waals surface area (Å²) in [5, 5.41) is 13.0. The Bertz CT molecular complexity index is 490. The van der Waals surface area contributed by atoms with Gasteiger partial charge in [-0.2, -0.15) is 0 Å². The number of rotatable bonds is 1. The zero-order valence-electron chi connectivity index (χ0n) is 7.57. The molecule has 0 saturated carbocycles. The van der Waals surface area contributed by atoms with Gasteiger partial charge in [0.25, 0.3) is 5.91 Å². The summed E-state index contributed by atoms with van der Waals surface area (Å²) >= 11 is 1.29. The molecule has 4 heteroatoms. The van der Waals surface area contributed by atoms with Crippen molar-refractivity contribution in [3.63, 3.8) is 0 Å². The minimum Gasteiger partial charge on any atom is -0.506 e. The van der Waals surface area contributed by atoms with Crippen molar-refractivity contribution in [2.75, 3.05) is 7.05 Å². The van der Waals surface area contributed by atoms with Crippen LogP contribution in [0.1, 0.15) is 9.67 Å². The summed E-state index contributed by atoms with van der Waals surface area (Å²) in [6.07, 6.45) is 0. The SMILES string of the molecule is CNC(=O)c1sc2ccccc2c1O. The Kier molecular flexibility index (Phi) is 2.13. The zero-order chi connectivity index (χ0) is 10.1. The fourth-order valence-corrected chi connectivity index (χ4v) is 2.34. The van der Waals surface area contributed by atoms with E-state index < -0.39 is 0 Å². The van der Waals surface area contributed by atoms with Gasteiger partial charge >= 0.3 is 0 Å². The van der Waals surface area contributed by atoms with Crippen LogP contribution in [-0.4, -0.2) is 18.1 Å². The topological polar surface area (TPSA) is 49.3 Å². The Morgan fingerprint density at radius 1 is 1.43 bits per heavy atom. The largest absolute Gasteiger partial charge is 0.506 e. The van der Waals surface area contributed by atoms with E-state index >= 15 is 0 Å². The van der Waals surface area contributed by atoms with Gasteiger partial charge in [0.2, 0.25) is 0 Å². The molecular formula is C10H9NO2S. The van der Waals surface area contributed by atoms with Gasteiger partial charge in [-0.1, -0.05) is 12.1 Å². The average molecular weight is 207 g/mol. The number of carbonyl (C=O) groups is 1. The molecule has 72 valence electrons. The molecule has 3 nitrogen and oxygen atoms in total. The molecule has 0 unspecified atom stereocenters. The fraction of sp³-hybridized carbons (Fsp3) is 0.100. The number of benzene rings is 1. The van der Waals surface area contributed by atoms with Crippen molar-refractivity contribution < 1.29 is 9.90 Å². The summed E-state index contributed by atoms with van der Waals surface area (Å²) in [4.78, 5) is 11.7. The van der Waals surface area contributed by atoms with Gasteiger partial charge in [0.1, 0.15) is 10.6 Å². The molecule has 0 spiro atoms. The van der Waals surface area contributed by atoms with Crippen LogP contribution in [0.4, 0.5) is 0 Å². The third kappa shape index (κ3) is 1.24. The summed E-state index contributed by atoms with van der Waals surface area (Å²) in [5.41, 5.74) is 0. The first-order valence-corrected chi connectivity index (χ1v) is 4.98. The third-order valence-electron chi connectivity index (χ3n) is 2.00. The molecule has 0 saturated heterocycles. The molecule has 0 atom stereocenters. The van der Waals surface area contributed by atoms with Crippen molar-refractivity contribution in [2.45, 2.75) is 0 Å². The number of amides is 1. The molecule has 0 aliphatic rings. The number of fused-ring (bicyclic) bond motifs is 1. The van der Waals surface area contributed by atoms with Gasteiger partial charge in [-0.15, -0.1) is 11.3 Å². The van der Waals surface area contributed by atoms with E-state index in [0.29, 0.717) is 4.88 Å². The van der Waals surface area contributed by atoms with Crippen molar-refractivity contribution in [1.29, 1.82) is 0 Å². The number of aromatic hydroxyl groups is 1. The third-order valence-corrected chi connectivity index (χ3v) is 3.16. The zero-order valence-corrected chi connectivity index (χ0v) is 8.39. The van der Waals surface area contributed by atoms with Crippen molar-refractivity contribution in [3.8, 4) is 5.75 Å². The van der Waals surface area contributed by atoms with E-state index in [4.69, 9.17) is 0 Å². The Morgan fingerprint density at radius 2 is 2.14 bits per heavy atom. The van der Waals surface area contributed by atoms with Crippen LogP contribution >= 0.6 is 11.3 Å². The van der Waals surface area contributed by atoms with Crippen LogP contribution in [0, 0.1) is 0 Å². The van der Waals surface area contributed by atoms with Crippen LogP contribution < -0.4 is 5.32 Å². The highest BCUT2D eigenvalue weighted by Gasteiger charge is 2.15. The summed E-state index contributed by atoms with van der Waals surface area (Å²) in [6, 6.07) is 7.40. The minimum atomic E-state index is -0.247. The van der Waals surface area contributed by atoms with Gasteiger partial charge in [0.15, 0.2) is 0 Å². The van der Waals surface area contributed by atoms with Crippen molar-refractivity contribution in [2.24, 2.45) is 0 Å². The minimum absolute atomic E-state index is 0.0740. The second kappa shape index (κ2) is 3.31. The van der Waals surface area contributed by atoms with E-state index in [9.17, 15) is 9.90 Å². The molecule has 2 N–H and O–H groups in total. The number of thiophene rings is 1. The quantitative estimate of drug-likeness (QED) is 0.751. The predicted molar refractivity (Wildman–Crippen MR) is 56.9 cm³/mol. The van der Waals surface area contributed by atoms with Crippen LogP contribution in [0.2, 0.25) is 0 Å². The van der Waals surface area contributed by atoms with Crippen molar-refractivity contribution in [1.82, 2.24) is 5.32 Å². The van der Waals surface area contributed by atoms with Crippen LogP contribution in [0.3, 0.4) is 0 Å². The first kappa shape index (κ1) is 9.02. The molecule has 0 radical (unpaired) electrons. The van der Waals surface area contributed by atoms with Crippen LogP contribution in [-0.2, 0) is 0 Å². The maximum Gasteiger partial charge on any atom is 0.264 e. The van der Waals surface area contributed by atoms with Crippen LogP contribution in [0.15, 0.2) is 24.3 Å². The molecule has 1 aromatic carbocycles. The van der Waals surface area contributed by atoms with E-state index in [1.807, 2.05) is 18.2 Å². The molecule has 1 aromatic heterocycles. The molecule has 0 fully saturated rings. The highest BCUT2D eigenvalue weighted by Crippen LogP contribution is 2.36. The maximum atomic E-state index is 11.3. The summed E-state index contributed by atoms with van der Waals surface area (Å²) in [5.74, 6) is -0.173. The molecule has 2 rings (SSSR count). The molecular weight excluding hydrogens is 198 g/mol. The second-order valence-electron chi connectivity index (χ2n) is 2.86. The standard InChI is InChI=1S/C10H9NO2S/c1-11-10(13)9-8(12)6-4-2-3-5-7(6)14-9/h2-5,12H,1H3,(H,11,13). The highest BCUT2D eigenvalue weighted by atomic mass is 32.1. The smallest absolute Gasteiger partial charge is 0.264 e. The van der Waals surface area contributed by atoms with Gasteiger partial charge in [0, 0.05) is 17.1 Å². The summed E-state index contributed by atoms with van der Waals surface area (Å²) in [7, 11) is 1.55. The van der Waals surface area contributed by atoms with E-state index in [0.717, 1.165) is 10.1 Å². The Labute approximate surface area is 85.0 Å². The molecule has 1 amide bonds. The molecule has 0 bridgehead atoms. The van der Waals surface area contributed by atoms with Crippen LogP contribution in [0.25, 0.3) is 10.1 Å². The average Bonchev–Trinajstić information content (AvgIpc) is 2.56. The second-order valence-corrected chi connectivity index (χ2v) is 3.91. The number of carbonyl (C=O) groups excluding carboxylic acids is 1. The lowest BCUT2D eigenvalue weighted by Gasteiger charge is -1.94. The molecule has 0 aliphatic carbocycles. The van der Waals surface area contributed by atoms with Gasteiger partial charge in [-0.05, 0) is 12.1 Å². The molecule has 1 heterocycles. The summed E-state index contributed by atoms with van der Waals surface area (Å²) < 4.78 is 0.920. The van der Waals surface area contributed by atoms with E-state index in [2.05, 4.69) is 5.32 Å². The van der Waals surface area contributed by atoms with Gasteiger partial charge in [0.05, 0.1) is 0 Å². The highest BCUT2D eigenvalue weighted by molar-refractivity contribution is 7.21. The predicted octanol–water partition coefficient (Wildman–Crippen LogP) is 1.97. The number of hydrogen-bond acceptors (Lipinski definition) is 3. The Hall–Kier alpha value is -1.55. The Balaban J connectivity index is 2.68. The summed E-state index contributed by atoms with van der Waals surface area (Å²) in [6.45, 7) is 0. The van der Waals surface area contributed by atoms with Gasteiger partial charge in [-0.3, -0.25) is 4.79 Å². The monoisotopic (exact) mass is 207 g/mol. The molecule has 14 heavy (non-hydrogen) atoms. The molecule has 0 aliphatic heterocycles. The Morgan fingerprint density at radius 3 is 2.79 bits per heavy atom. The fourth-order valence-electron chi connectivity index (χ4n) is 1.30. The normalized spacial score (nSPS) is 10.4. The van der Waals surface area contributed by atoms with Gasteiger partial charge < -0.3 is 10.4 Å². The van der Waals surface area contributed by atoms with Crippen molar-refractivity contribution in [3.05, 3.63) is 29.1 Å². The molecule has 2 aromatic rings. The maximum absolute atomic E-state index is 11.3. The van der Waals surface area contributed by atoms with E-state index in [-0.39, 0.29) is 11.7 Å². The van der Waals surface area contributed by atoms with Crippen molar-refractivity contribution >= 4 is 27.3 Å². The van der Waals surface area contributed by atoms with Crippen LogP contribution in [0.5, 0.6) is 5.75 Å². The lowest BCUT2D eigenvalue weighted by atomic mass is 10.2. The lowest BCUT2D eigenvalue weighted by Crippen LogP contribution is -2.16. The first-order chi connectivity index (χ1) is 6.74. The number of nitrogens with one attached hydrogen (secondary N) is 1. The number of hydrogen-bond donors (Lipinski definition) is 2. The van der Waals surface area contributed by atoms with E-state index in [1.165, 1.54) is 11.3 Å². The van der Waals surface area contributed by atoms with Gasteiger partial charge in [-0.25, -0.2) is 0 Å².